The molecule has 0 aromatic carbocycles. The van der Waals surface area contributed by atoms with Crippen LogP contribution >= 0.6 is 11.8 Å². The van der Waals surface area contributed by atoms with Crippen molar-refractivity contribution in [2.24, 2.45) is 0 Å². The van der Waals surface area contributed by atoms with Gasteiger partial charge in [0.25, 0.3) is 0 Å². The minimum Gasteiger partial charge on any atom is -0.468 e. The molecule has 11 heavy (non-hydrogen) atoms. The zero-order valence-electron chi connectivity index (χ0n) is 6.70. The largest absolute Gasteiger partial charge is 0.468 e. The van der Waals surface area contributed by atoms with Crippen LogP contribution in [0.1, 0.15) is 12.7 Å². The minimum atomic E-state index is -0.255. The molecule has 1 atom stereocenters. The average Bonchev–Trinajstić information content (AvgIpc) is 2.31. The minimum absolute atomic E-state index is 0.255. The Labute approximate surface area is 70.6 Å². The third-order valence-corrected chi connectivity index (χ3v) is 2.67. The van der Waals surface area contributed by atoms with Crippen molar-refractivity contribution in [3.05, 3.63) is 18.1 Å². The van der Waals surface area contributed by atoms with E-state index in [1.54, 1.807) is 24.9 Å². The summed E-state index contributed by atoms with van der Waals surface area (Å²) >= 11 is 1.62. The third-order valence-electron chi connectivity index (χ3n) is 1.29. The number of furan rings is 1. The maximum absolute atomic E-state index is 8.99. The van der Waals surface area contributed by atoms with Crippen molar-refractivity contribution >= 4 is 11.8 Å². The summed E-state index contributed by atoms with van der Waals surface area (Å²) in [6, 6.07) is 1.92. The molecule has 0 saturated carbocycles. The van der Waals surface area contributed by atoms with E-state index in [2.05, 4.69) is 0 Å². The molecule has 1 aromatic rings. The standard InChI is InChI=1S/C8H12O2S/c1-6(9)5-11-8-3-4-10-7(8)2/h3-4,6,9H,5H2,1-2H3/t6-/m0/s1. The molecular formula is C8H12O2S. The van der Waals surface area contributed by atoms with Crippen LogP contribution in [0.5, 0.6) is 0 Å². The summed E-state index contributed by atoms with van der Waals surface area (Å²) in [4.78, 5) is 1.12. The number of hydrogen-bond acceptors (Lipinski definition) is 3. The number of aliphatic hydroxyl groups excluding tert-OH is 1. The highest BCUT2D eigenvalue weighted by atomic mass is 32.2. The smallest absolute Gasteiger partial charge is 0.114 e. The summed E-state index contributed by atoms with van der Waals surface area (Å²) in [5.74, 6) is 1.65. The Morgan fingerprint density at radius 2 is 2.45 bits per heavy atom. The van der Waals surface area contributed by atoms with Gasteiger partial charge in [0.05, 0.1) is 12.4 Å². The lowest BCUT2D eigenvalue weighted by molar-refractivity contribution is 0.220. The van der Waals surface area contributed by atoms with Gasteiger partial charge in [0.15, 0.2) is 0 Å². The van der Waals surface area contributed by atoms with Crippen LogP contribution in [0.4, 0.5) is 0 Å². The molecule has 0 aliphatic heterocycles. The topological polar surface area (TPSA) is 33.4 Å². The summed E-state index contributed by atoms with van der Waals surface area (Å²) in [6.45, 7) is 3.70. The van der Waals surface area contributed by atoms with Crippen LogP contribution in [0.2, 0.25) is 0 Å². The van der Waals surface area contributed by atoms with E-state index in [4.69, 9.17) is 9.52 Å². The molecular weight excluding hydrogens is 160 g/mol. The zero-order valence-corrected chi connectivity index (χ0v) is 7.52. The van der Waals surface area contributed by atoms with E-state index in [9.17, 15) is 0 Å². The monoisotopic (exact) mass is 172 g/mol. The molecule has 3 heteroatoms. The van der Waals surface area contributed by atoms with Crippen LogP contribution in [-0.2, 0) is 0 Å². The van der Waals surface area contributed by atoms with Gasteiger partial charge in [-0.1, -0.05) is 0 Å². The molecule has 0 radical (unpaired) electrons. The first-order valence-electron chi connectivity index (χ1n) is 3.55. The maximum atomic E-state index is 8.99. The molecule has 62 valence electrons. The van der Waals surface area contributed by atoms with E-state index < -0.39 is 0 Å². The Morgan fingerprint density at radius 3 is 2.91 bits per heavy atom. The van der Waals surface area contributed by atoms with E-state index in [1.807, 2.05) is 13.0 Å². The molecule has 1 heterocycles. The van der Waals surface area contributed by atoms with Gasteiger partial charge in [-0.15, -0.1) is 11.8 Å². The Morgan fingerprint density at radius 1 is 1.73 bits per heavy atom. The van der Waals surface area contributed by atoms with E-state index in [0.29, 0.717) is 0 Å². The second-order valence-electron chi connectivity index (χ2n) is 2.50. The Kier molecular flexibility index (Phi) is 3.02. The van der Waals surface area contributed by atoms with Gasteiger partial charge in [-0.25, -0.2) is 0 Å². The molecule has 0 bridgehead atoms. The fourth-order valence-electron chi connectivity index (χ4n) is 0.733. The van der Waals surface area contributed by atoms with Crippen molar-refractivity contribution in [3.8, 4) is 0 Å². The van der Waals surface area contributed by atoms with Gasteiger partial charge in [-0.2, -0.15) is 0 Å². The van der Waals surface area contributed by atoms with Crippen LogP contribution in [0, 0.1) is 6.92 Å². The maximum Gasteiger partial charge on any atom is 0.114 e. The van der Waals surface area contributed by atoms with Gasteiger partial charge < -0.3 is 9.52 Å². The third kappa shape index (κ3) is 2.60. The molecule has 1 N–H and O–H groups in total. The fourth-order valence-corrected chi connectivity index (χ4v) is 1.56. The molecule has 0 saturated heterocycles. The number of aryl methyl sites for hydroxylation is 1. The van der Waals surface area contributed by atoms with Gasteiger partial charge >= 0.3 is 0 Å². The first kappa shape index (κ1) is 8.68. The summed E-state index contributed by atoms with van der Waals surface area (Å²) in [5.41, 5.74) is 0. The second kappa shape index (κ2) is 3.83. The SMILES string of the molecule is Cc1occc1SC[C@H](C)O. The van der Waals surface area contributed by atoms with E-state index in [-0.39, 0.29) is 6.10 Å². The predicted molar refractivity (Wildman–Crippen MR) is 45.8 cm³/mol. The van der Waals surface area contributed by atoms with Crippen molar-refractivity contribution in [2.45, 2.75) is 24.8 Å². The lowest BCUT2D eigenvalue weighted by Gasteiger charge is -2.01. The molecule has 1 rings (SSSR count). The molecule has 0 unspecified atom stereocenters. The van der Waals surface area contributed by atoms with Gasteiger partial charge in [0.1, 0.15) is 5.76 Å². The van der Waals surface area contributed by atoms with E-state index >= 15 is 0 Å². The molecule has 0 aliphatic carbocycles. The Bertz CT molecular complexity index is 218. The summed E-state index contributed by atoms with van der Waals surface area (Å²) in [7, 11) is 0. The van der Waals surface area contributed by atoms with Crippen LogP contribution in [0.25, 0.3) is 0 Å². The van der Waals surface area contributed by atoms with Crippen molar-refractivity contribution in [3.63, 3.8) is 0 Å². The van der Waals surface area contributed by atoms with Gasteiger partial charge in [0.2, 0.25) is 0 Å². The van der Waals surface area contributed by atoms with Crippen molar-refractivity contribution in [2.75, 3.05) is 5.75 Å². The number of hydrogen-bond donors (Lipinski definition) is 1. The average molecular weight is 172 g/mol. The molecule has 1 aromatic heterocycles. The molecule has 0 amide bonds. The number of rotatable bonds is 3. The number of thioether (sulfide) groups is 1. The molecule has 2 nitrogen and oxygen atoms in total. The van der Waals surface area contributed by atoms with Crippen LogP contribution < -0.4 is 0 Å². The summed E-state index contributed by atoms with van der Waals surface area (Å²) in [6.07, 6.45) is 1.41. The van der Waals surface area contributed by atoms with Crippen LogP contribution in [-0.4, -0.2) is 17.0 Å². The lowest BCUT2D eigenvalue weighted by atomic mass is 10.5. The summed E-state index contributed by atoms with van der Waals surface area (Å²) in [5, 5.41) is 8.99. The second-order valence-corrected chi connectivity index (χ2v) is 3.56. The summed E-state index contributed by atoms with van der Waals surface area (Å²) < 4.78 is 5.09. The van der Waals surface area contributed by atoms with Gasteiger partial charge in [-0.3, -0.25) is 0 Å². The first-order valence-corrected chi connectivity index (χ1v) is 4.53. The number of aliphatic hydroxyl groups is 1. The van der Waals surface area contributed by atoms with Crippen LogP contribution in [0.3, 0.4) is 0 Å². The Balaban J connectivity index is 2.44. The zero-order chi connectivity index (χ0) is 8.27. The van der Waals surface area contributed by atoms with Crippen LogP contribution in [0.15, 0.2) is 21.6 Å². The van der Waals surface area contributed by atoms with Crippen molar-refractivity contribution in [1.29, 1.82) is 0 Å². The van der Waals surface area contributed by atoms with E-state index in [0.717, 1.165) is 16.4 Å². The Hall–Kier alpha value is -0.410. The van der Waals surface area contributed by atoms with Crippen molar-refractivity contribution < 1.29 is 9.52 Å². The quantitative estimate of drug-likeness (QED) is 0.708. The lowest BCUT2D eigenvalue weighted by Crippen LogP contribution is -2.02. The molecule has 0 aliphatic rings. The highest BCUT2D eigenvalue weighted by molar-refractivity contribution is 7.99. The highest BCUT2D eigenvalue weighted by Crippen LogP contribution is 2.23. The first-order chi connectivity index (χ1) is 5.20. The highest BCUT2D eigenvalue weighted by Gasteiger charge is 2.02. The normalized spacial score (nSPS) is 13.4. The fraction of sp³-hybridized carbons (Fsp3) is 0.500. The van der Waals surface area contributed by atoms with Gasteiger partial charge in [0, 0.05) is 10.6 Å². The van der Waals surface area contributed by atoms with Gasteiger partial charge in [-0.05, 0) is 19.9 Å². The van der Waals surface area contributed by atoms with E-state index in [1.165, 1.54) is 0 Å². The molecule has 0 spiro atoms. The molecule has 0 fully saturated rings. The van der Waals surface area contributed by atoms with Crippen molar-refractivity contribution in [1.82, 2.24) is 0 Å². The predicted octanol–water partition coefficient (Wildman–Crippen LogP) is 2.06.